The van der Waals surface area contributed by atoms with E-state index in [-0.39, 0.29) is 11.8 Å². The highest BCUT2D eigenvalue weighted by Crippen LogP contribution is 2.48. The third-order valence-electron chi connectivity index (χ3n) is 4.18. The van der Waals surface area contributed by atoms with Crippen LogP contribution in [-0.2, 0) is 19.1 Å². The fourth-order valence-electron chi connectivity index (χ4n) is 2.89. The lowest BCUT2D eigenvalue weighted by atomic mass is 10.1. The maximum atomic E-state index is 12.5. The van der Waals surface area contributed by atoms with E-state index in [4.69, 9.17) is 4.74 Å². The van der Waals surface area contributed by atoms with Crippen molar-refractivity contribution in [3.8, 4) is 0 Å². The quantitative estimate of drug-likeness (QED) is 0.784. The average Bonchev–Trinajstić information content (AvgIpc) is 3.35. The first-order valence-corrected chi connectivity index (χ1v) is 7.24. The fourth-order valence-corrected chi connectivity index (χ4v) is 2.89. The van der Waals surface area contributed by atoms with Crippen molar-refractivity contribution in [2.75, 3.05) is 26.8 Å². The van der Waals surface area contributed by atoms with Crippen molar-refractivity contribution >= 4 is 11.9 Å². The molecule has 2 aliphatic rings. The summed E-state index contributed by atoms with van der Waals surface area (Å²) in [5.41, 5.74) is 1.22. The van der Waals surface area contributed by atoms with Crippen molar-refractivity contribution < 1.29 is 19.1 Å². The molecular formula is C16H19NO4. The monoisotopic (exact) mass is 289 g/mol. The Labute approximate surface area is 123 Å². The Morgan fingerprint density at radius 3 is 2.76 bits per heavy atom. The van der Waals surface area contributed by atoms with Gasteiger partial charge in [-0.05, 0) is 17.9 Å². The van der Waals surface area contributed by atoms with Gasteiger partial charge in [0.1, 0.15) is 0 Å². The van der Waals surface area contributed by atoms with E-state index in [1.54, 1.807) is 4.90 Å². The van der Waals surface area contributed by atoms with Crippen LogP contribution in [0.3, 0.4) is 0 Å². The summed E-state index contributed by atoms with van der Waals surface area (Å²) in [4.78, 5) is 25.8. The van der Waals surface area contributed by atoms with Crippen molar-refractivity contribution in [3.63, 3.8) is 0 Å². The molecular weight excluding hydrogens is 270 g/mol. The van der Waals surface area contributed by atoms with Crippen LogP contribution >= 0.6 is 0 Å². The molecule has 1 saturated heterocycles. The van der Waals surface area contributed by atoms with E-state index in [1.165, 1.54) is 12.7 Å². The third kappa shape index (κ3) is 2.93. The standard InChI is InChI=1S/C16H19NO4/c1-20-16(19)14-10-17(7-8-21-14)15(18)13-9-12(13)11-5-3-2-4-6-11/h2-6,12-14H,7-10H2,1H3. The Hall–Kier alpha value is -1.88. The summed E-state index contributed by atoms with van der Waals surface area (Å²) >= 11 is 0. The highest BCUT2D eigenvalue weighted by atomic mass is 16.6. The highest BCUT2D eigenvalue weighted by molar-refractivity contribution is 5.84. The third-order valence-corrected chi connectivity index (χ3v) is 4.18. The molecule has 3 unspecified atom stereocenters. The van der Waals surface area contributed by atoms with Crippen LogP contribution in [0.25, 0.3) is 0 Å². The number of carbonyl (C=O) groups excluding carboxylic acids is 2. The van der Waals surface area contributed by atoms with Gasteiger partial charge in [0.25, 0.3) is 0 Å². The molecule has 112 valence electrons. The lowest BCUT2D eigenvalue weighted by Gasteiger charge is -2.31. The largest absolute Gasteiger partial charge is 0.467 e. The topological polar surface area (TPSA) is 55.8 Å². The molecule has 0 spiro atoms. The molecule has 5 nitrogen and oxygen atoms in total. The van der Waals surface area contributed by atoms with Crippen molar-refractivity contribution in [2.45, 2.75) is 18.4 Å². The van der Waals surface area contributed by atoms with Crippen LogP contribution in [0.2, 0.25) is 0 Å². The van der Waals surface area contributed by atoms with Crippen molar-refractivity contribution in [3.05, 3.63) is 35.9 Å². The maximum Gasteiger partial charge on any atom is 0.336 e. The van der Waals surface area contributed by atoms with Gasteiger partial charge in [-0.1, -0.05) is 30.3 Å². The molecule has 1 aromatic carbocycles. The first-order valence-electron chi connectivity index (χ1n) is 7.24. The van der Waals surface area contributed by atoms with Gasteiger partial charge in [0.15, 0.2) is 6.10 Å². The second-order valence-corrected chi connectivity index (χ2v) is 5.53. The predicted octanol–water partition coefficient (Wildman–Crippen LogP) is 1.19. The van der Waals surface area contributed by atoms with Crippen LogP contribution in [0.5, 0.6) is 0 Å². The summed E-state index contributed by atoms with van der Waals surface area (Å²) in [6, 6.07) is 10.1. The molecule has 1 saturated carbocycles. The number of esters is 1. The van der Waals surface area contributed by atoms with E-state index in [1.807, 2.05) is 18.2 Å². The number of morpholine rings is 1. The molecule has 1 aromatic rings. The molecule has 0 N–H and O–H groups in total. The summed E-state index contributed by atoms with van der Waals surface area (Å²) in [6.45, 7) is 1.22. The number of amides is 1. The number of nitrogens with zero attached hydrogens (tertiary/aromatic N) is 1. The zero-order chi connectivity index (χ0) is 14.8. The molecule has 1 amide bonds. The van der Waals surface area contributed by atoms with E-state index in [9.17, 15) is 9.59 Å². The number of hydrogen-bond donors (Lipinski definition) is 0. The van der Waals surface area contributed by atoms with Gasteiger partial charge in [0.2, 0.25) is 5.91 Å². The first kappa shape index (κ1) is 14.1. The minimum absolute atomic E-state index is 0.0452. The van der Waals surface area contributed by atoms with Gasteiger partial charge in [-0.25, -0.2) is 4.79 Å². The van der Waals surface area contributed by atoms with Crippen LogP contribution in [0.1, 0.15) is 17.9 Å². The second kappa shape index (κ2) is 5.85. The van der Waals surface area contributed by atoms with Crippen LogP contribution in [-0.4, -0.2) is 49.7 Å². The van der Waals surface area contributed by atoms with E-state index in [0.717, 1.165) is 6.42 Å². The number of benzene rings is 1. The Morgan fingerprint density at radius 1 is 1.29 bits per heavy atom. The van der Waals surface area contributed by atoms with Gasteiger partial charge in [0.05, 0.1) is 20.3 Å². The highest BCUT2D eigenvalue weighted by Gasteiger charge is 2.46. The number of methoxy groups -OCH3 is 1. The molecule has 3 rings (SSSR count). The van der Waals surface area contributed by atoms with Crippen molar-refractivity contribution in [1.82, 2.24) is 4.90 Å². The summed E-state index contributed by atoms with van der Waals surface area (Å²) in [5.74, 6) is 0.0749. The van der Waals surface area contributed by atoms with Gasteiger partial charge < -0.3 is 14.4 Å². The molecule has 0 radical (unpaired) electrons. The van der Waals surface area contributed by atoms with E-state index in [0.29, 0.717) is 25.6 Å². The van der Waals surface area contributed by atoms with E-state index < -0.39 is 12.1 Å². The fraction of sp³-hybridized carbons (Fsp3) is 0.500. The minimum atomic E-state index is -0.651. The van der Waals surface area contributed by atoms with Gasteiger partial charge in [-0.3, -0.25) is 4.79 Å². The SMILES string of the molecule is COC(=O)C1CN(C(=O)C2CC2c2ccccc2)CCO1. The Balaban J connectivity index is 1.60. The summed E-state index contributed by atoms with van der Waals surface area (Å²) in [7, 11) is 1.33. The molecule has 1 aliphatic carbocycles. The molecule has 3 atom stereocenters. The van der Waals surface area contributed by atoms with E-state index >= 15 is 0 Å². The zero-order valence-electron chi connectivity index (χ0n) is 12.0. The Kier molecular flexibility index (Phi) is 3.92. The molecule has 5 heteroatoms. The van der Waals surface area contributed by atoms with Crippen LogP contribution < -0.4 is 0 Å². The minimum Gasteiger partial charge on any atom is -0.467 e. The van der Waals surface area contributed by atoms with Gasteiger partial charge in [0, 0.05) is 12.5 Å². The number of rotatable bonds is 3. The second-order valence-electron chi connectivity index (χ2n) is 5.53. The lowest BCUT2D eigenvalue weighted by Crippen LogP contribution is -2.49. The van der Waals surface area contributed by atoms with Gasteiger partial charge >= 0.3 is 5.97 Å². The molecule has 1 heterocycles. The van der Waals surface area contributed by atoms with Crippen LogP contribution in [0.4, 0.5) is 0 Å². The Morgan fingerprint density at radius 2 is 2.05 bits per heavy atom. The maximum absolute atomic E-state index is 12.5. The van der Waals surface area contributed by atoms with E-state index in [2.05, 4.69) is 16.9 Å². The van der Waals surface area contributed by atoms with Gasteiger partial charge in [-0.2, -0.15) is 0 Å². The van der Waals surface area contributed by atoms with Gasteiger partial charge in [-0.15, -0.1) is 0 Å². The molecule has 0 bridgehead atoms. The van der Waals surface area contributed by atoms with Crippen molar-refractivity contribution in [1.29, 1.82) is 0 Å². The normalized spacial score (nSPS) is 28.0. The van der Waals surface area contributed by atoms with Crippen molar-refractivity contribution in [2.24, 2.45) is 5.92 Å². The summed E-state index contributed by atoms with van der Waals surface area (Å²) in [6.07, 6.45) is 0.241. The Bertz CT molecular complexity index is 530. The number of carbonyl (C=O) groups is 2. The molecule has 2 fully saturated rings. The summed E-state index contributed by atoms with van der Waals surface area (Å²) in [5, 5.41) is 0. The molecule has 21 heavy (non-hydrogen) atoms. The number of ether oxygens (including phenoxy) is 2. The predicted molar refractivity (Wildman–Crippen MR) is 75.6 cm³/mol. The lowest BCUT2D eigenvalue weighted by molar-refractivity contribution is -0.162. The number of hydrogen-bond acceptors (Lipinski definition) is 4. The van der Waals surface area contributed by atoms with Crippen LogP contribution in [0, 0.1) is 5.92 Å². The van der Waals surface area contributed by atoms with Crippen LogP contribution in [0.15, 0.2) is 30.3 Å². The zero-order valence-corrected chi connectivity index (χ0v) is 12.0. The first-order chi connectivity index (χ1) is 10.2. The smallest absolute Gasteiger partial charge is 0.336 e. The molecule has 1 aliphatic heterocycles. The average molecular weight is 289 g/mol. The summed E-state index contributed by atoms with van der Waals surface area (Å²) < 4.78 is 10.0. The molecule has 0 aromatic heterocycles.